The standard InChI is InChI=1S/C36H51N3O4/c1-4-7-10-30-26-31-25-29(32(40)16-22-38-23-17-33(41)42)18-24-39(31)34(30)35(43)28-13-11-27(12-14-28)15-21-36(37,19-8-5-2)20-9-6-3/h11-14,18,24-26,38H,4-10,15-17,19-23,37H2,1-3H3,(H,41,42). The molecule has 0 radical (unpaired) electrons. The van der Waals surface area contributed by atoms with Crippen molar-refractivity contribution in [1.29, 1.82) is 0 Å². The van der Waals surface area contributed by atoms with Gasteiger partial charge >= 0.3 is 5.97 Å². The van der Waals surface area contributed by atoms with E-state index in [9.17, 15) is 14.4 Å². The molecule has 0 saturated heterocycles. The van der Waals surface area contributed by atoms with Gasteiger partial charge in [0.15, 0.2) is 5.78 Å². The van der Waals surface area contributed by atoms with Gasteiger partial charge < -0.3 is 20.6 Å². The Morgan fingerprint density at radius 3 is 2.09 bits per heavy atom. The Balaban J connectivity index is 1.76. The number of unbranched alkanes of at least 4 members (excludes halogenated alkanes) is 3. The Morgan fingerprint density at radius 2 is 1.47 bits per heavy atom. The van der Waals surface area contributed by atoms with Crippen LogP contribution < -0.4 is 11.1 Å². The number of carboxylic acid groups (broad SMARTS) is 1. The van der Waals surface area contributed by atoms with Crippen LogP contribution in [-0.2, 0) is 17.6 Å². The van der Waals surface area contributed by atoms with Gasteiger partial charge in [0, 0.05) is 47.9 Å². The summed E-state index contributed by atoms with van der Waals surface area (Å²) >= 11 is 0. The van der Waals surface area contributed by atoms with Crippen molar-refractivity contribution in [3.63, 3.8) is 0 Å². The number of pyridine rings is 1. The molecule has 0 spiro atoms. The molecular weight excluding hydrogens is 538 g/mol. The fraction of sp³-hybridized carbons (Fsp3) is 0.528. The van der Waals surface area contributed by atoms with Gasteiger partial charge in [0.2, 0.25) is 5.78 Å². The summed E-state index contributed by atoms with van der Waals surface area (Å²) in [6.45, 7) is 7.31. The fourth-order valence-corrected chi connectivity index (χ4v) is 5.67. The smallest absolute Gasteiger partial charge is 0.304 e. The number of hydrogen-bond donors (Lipinski definition) is 3. The maximum Gasteiger partial charge on any atom is 0.304 e. The first kappa shape index (κ1) is 34.2. The number of hydrogen-bond acceptors (Lipinski definition) is 5. The first-order valence-electron chi connectivity index (χ1n) is 16.2. The summed E-state index contributed by atoms with van der Waals surface area (Å²) in [6, 6.07) is 13.7. The van der Waals surface area contributed by atoms with E-state index in [1.807, 2.05) is 34.9 Å². The van der Waals surface area contributed by atoms with Gasteiger partial charge in [0.25, 0.3) is 0 Å². The van der Waals surface area contributed by atoms with E-state index in [2.05, 4.69) is 38.2 Å². The Labute approximate surface area is 257 Å². The quantitative estimate of drug-likeness (QED) is 0.0897. The zero-order valence-corrected chi connectivity index (χ0v) is 26.4. The van der Waals surface area contributed by atoms with E-state index in [1.165, 1.54) is 5.56 Å². The highest BCUT2D eigenvalue weighted by atomic mass is 16.4. The van der Waals surface area contributed by atoms with E-state index in [1.54, 1.807) is 6.07 Å². The van der Waals surface area contributed by atoms with Gasteiger partial charge in [-0.3, -0.25) is 14.4 Å². The summed E-state index contributed by atoms with van der Waals surface area (Å²) in [5.41, 5.74) is 11.6. The molecule has 43 heavy (non-hydrogen) atoms. The lowest BCUT2D eigenvalue weighted by molar-refractivity contribution is -0.136. The summed E-state index contributed by atoms with van der Waals surface area (Å²) in [4.78, 5) is 37.4. The number of carboxylic acids is 1. The minimum atomic E-state index is -0.865. The molecular formula is C36H51N3O4. The van der Waals surface area contributed by atoms with Gasteiger partial charge in [0.1, 0.15) is 0 Å². The van der Waals surface area contributed by atoms with Crippen LogP contribution in [0.2, 0.25) is 0 Å². The Kier molecular flexibility index (Phi) is 13.6. The van der Waals surface area contributed by atoms with E-state index >= 15 is 0 Å². The van der Waals surface area contributed by atoms with E-state index in [0.29, 0.717) is 29.9 Å². The first-order valence-corrected chi connectivity index (χ1v) is 16.2. The topological polar surface area (TPSA) is 114 Å². The second kappa shape index (κ2) is 17.1. The summed E-state index contributed by atoms with van der Waals surface area (Å²) in [6.07, 6.45) is 13.5. The van der Waals surface area contributed by atoms with Crippen LogP contribution in [0.1, 0.15) is 129 Å². The van der Waals surface area contributed by atoms with Crippen LogP contribution in [0.4, 0.5) is 0 Å². The number of rotatable bonds is 21. The number of nitrogens with two attached hydrogens (primary N) is 1. The zero-order chi connectivity index (χ0) is 31.2. The highest BCUT2D eigenvalue weighted by molar-refractivity contribution is 6.10. The molecule has 0 aliphatic heterocycles. The summed E-state index contributed by atoms with van der Waals surface area (Å²) in [5, 5.41) is 11.8. The van der Waals surface area contributed by atoms with Crippen molar-refractivity contribution in [2.75, 3.05) is 13.1 Å². The number of nitrogens with zero attached hydrogens (tertiary/aromatic N) is 1. The SMILES string of the molecule is CCCCc1cc2cc(C(=O)CCNCCC(=O)O)ccn2c1C(=O)c1ccc(CCC(N)(CCCC)CCCC)cc1. The van der Waals surface area contributed by atoms with Crippen molar-refractivity contribution in [2.24, 2.45) is 5.73 Å². The second-order valence-electron chi connectivity index (χ2n) is 12.0. The number of benzene rings is 1. The van der Waals surface area contributed by atoms with Gasteiger partial charge in [-0.25, -0.2) is 0 Å². The number of aromatic nitrogens is 1. The van der Waals surface area contributed by atoms with Crippen molar-refractivity contribution >= 4 is 23.1 Å². The van der Waals surface area contributed by atoms with E-state index in [4.69, 9.17) is 10.8 Å². The van der Waals surface area contributed by atoms with Gasteiger partial charge in [-0.15, -0.1) is 0 Å². The normalized spacial score (nSPS) is 11.7. The molecule has 0 aliphatic carbocycles. The van der Waals surface area contributed by atoms with Gasteiger partial charge in [-0.2, -0.15) is 0 Å². The molecule has 0 atom stereocenters. The molecule has 7 heteroatoms. The third kappa shape index (κ3) is 10.1. The van der Waals surface area contributed by atoms with Crippen LogP contribution in [-0.4, -0.2) is 45.7 Å². The largest absolute Gasteiger partial charge is 0.481 e. The fourth-order valence-electron chi connectivity index (χ4n) is 5.67. The van der Waals surface area contributed by atoms with Crippen molar-refractivity contribution in [2.45, 2.75) is 110 Å². The molecule has 0 amide bonds. The summed E-state index contributed by atoms with van der Waals surface area (Å²) < 4.78 is 1.91. The lowest BCUT2D eigenvalue weighted by atomic mass is 9.83. The molecule has 2 aromatic heterocycles. The predicted molar refractivity (Wildman–Crippen MR) is 174 cm³/mol. The third-order valence-electron chi connectivity index (χ3n) is 8.42. The van der Waals surface area contributed by atoms with Crippen LogP contribution in [0, 0.1) is 0 Å². The van der Waals surface area contributed by atoms with Crippen molar-refractivity contribution < 1.29 is 19.5 Å². The van der Waals surface area contributed by atoms with E-state index in [-0.39, 0.29) is 29.9 Å². The molecule has 0 saturated carbocycles. The highest BCUT2D eigenvalue weighted by Crippen LogP contribution is 2.26. The number of carbonyl (C=O) groups excluding carboxylic acids is 2. The molecule has 4 N–H and O–H groups in total. The first-order chi connectivity index (χ1) is 20.7. The molecule has 0 unspecified atom stereocenters. The predicted octanol–water partition coefficient (Wildman–Crippen LogP) is 7.16. The van der Waals surface area contributed by atoms with Crippen LogP contribution in [0.5, 0.6) is 0 Å². The van der Waals surface area contributed by atoms with E-state index in [0.717, 1.165) is 81.7 Å². The Morgan fingerprint density at radius 1 is 0.814 bits per heavy atom. The molecule has 7 nitrogen and oxygen atoms in total. The van der Waals surface area contributed by atoms with E-state index < -0.39 is 5.97 Å². The summed E-state index contributed by atoms with van der Waals surface area (Å²) in [7, 11) is 0. The van der Waals surface area contributed by atoms with Gasteiger partial charge in [-0.05, 0) is 67.9 Å². The van der Waals surface area contributed by atoms with Crippen molar-refractivity contribution in [3.05, 3.63) is 76.6 Å². The molecule has 1 aromatic carbocycles. The number of fused-ring (bicyclic) bond motifs is 1. The lowest BCUT2D eigenvalue weighted by Gasteiger charge is -2.30. The average Bonchev–Trinajstić information content (AvgIpc) is 3.38. The maximum absolute atomic E-state index is 13.9. The minimum Gasteiger partial charge on any atom is -0.481 e. The highest BCUT2D eigenvalue weighted by Gasteiger charge is 2.24. The monoisotopic (exact) mass is 589 g/mol. The van der Waals surface area contributed by atoms with Crippen molar-refractivity contribution in [3.8, 4) is 0 Å². The molecule has 0 aliphatic rings. The van der Waals surface area contributed by atoms with Crippen LogP contribution >= 0.6 is 0 Å². The third-order valence-corrected chi connectivity index (χ3v) is 8.42. The number of ketones is 2. The molecule has 234 valence electrons. The average molecular weight is 590 g/mol. The number of aryl methyl sites for hydroxylation is 2. The van der Waals surface area contributed by atoms with Gasteiger partial charge in [0.05, 0.1) is 12.1 Å². The molecule has 0 fully saturated rings. The number of nitrogens with one attached hydrogen (secondary N) is 1. The van der Waals surface area contributed by atoms with Gasteiger partial charge in [-0.1, -0.05) is 77.1 Å². The van der Waals surface area contributed by atoms with Crippen LogP contribution in [0.3, 0.4) is 0 Å². The number of carbonyl (C=O) groups is 3. The molecule has 0 bridgehead atoms. The number of Topliss-reactive ketones (excluding diaryl/α,β-unsaturated/α-hetero) is 1. The molecule has 2 heterocycles. The summed E-state index contributed by atoms with van der Waals surface area (Å²) in [5.74, 6) is -0.898. The van der Waals surface area contributed by atoms with Crippen LogP contribution in [0.25, 0.3) is 5.52 Å². The van der Waals surface area contributed by atoms with Crippen LogP contribution in [0.15, 0.2) is 48.7 Å². The Bertz CT molecular complexity index is 1330. The molecule has 3 rings (SSSR count). The van der Waals surface area contributed by atoms with Crippen molar-refractivity contribution in [1.82, 2.24) is 9.72 Å². The second-order valence-corrected chi connectivity index (χ2v) is 12.0. The lowest BCUT2D eigenvalue weighted by Crippen LogP contribution is -2.40. The number of aliphatic carboxylic acids is 1. The minimum absolute atomic E-state index is 0.0153. The Hall–Kier alpha value is -3.29. The maximum atomic E-state index is 13.9. The zero-order valence-electron chi connectivity index (χ0n) is 26.4. The molecule has 3 aromatic rings.